The summed E-state index contributed by atoms with van der Waals surface area (Å²) < 4.78 is 66.5. The number of pyridine rings is 1. The molecule has 0 aromatic carbocycles. The van der Waals surface area contributed by atoms with Crippen molar-refractivity contribution in [3.63, 3.8) is 0 Å². The monoisotopic (exact) mass is 498 g/mol. The van der Waals surface area contributed by atoms with Crippen molar-refractivity contribution >= 4 is 17.3 Å². The van der Waals surface area contributed by atoms with Crippen LogP contribution in [-0.4, -0.2) is 51.9 Å². The average molecular weight is 498 g/mol. The number of alkyl halides is 5. The molecule has 6 nitrogen and oxygen atoms in total. The van der Waals surface area contributed by atoms with Gasteiger partial charge in [-0.3, -0.25) is 9.59 Å². The lowest BCUT2D eigenvalue weighted by atomic mass is 10.1. The molecule has 3 heterocycles. The quantitative estimate of drug-likeness (QED) is 0.638. The Kier molecular flexibility index (Phi) is 5.79. The van der Waals surface area contributed by atoms with Gasteiger partial charge in [-0.15, -0.1) is 0 Å². The third-order valence-corrected chi connectivity index (χ3v) is 7.39. The molecule has 1 aliphatic heterocycles. The van der Waals surface area contributed by atoms with E-state index in [9.17, 15) is 31.5 Å². The number of amides is 2. The molecule has 11 heteroatoms. The van der Waals surface area contributed by atoms with Gasteiger partial charge in [0.05, 0.1) is 12.1 Å². The zero-order valence-electron chi connectivity index (χ0n) is 19.3. The molecule has 2 unspecified atom stereocenters. The molecular formula is C24H27F5N4O2. The van der Waals surface area contributed by atoms with Gasteiger partial charge in [-0.05, 0) is 61.6 Å². The largest absolute Gasteiger partial charge is 0.433 e. The zero-order valence-corrected chi connectivity index (χ0v) is 19.3. The smallest absolute Gasteiger partial charge is 0.353 e. The number of aromatic nitrogens is 2. The predicted molar refractivity (Wildman–Crippen MR) is 116 cm³/mol. The molecule has 2 aromatic rings. The SMILES string of the molecule is CCc1c(C(=O)N2CCNC(=O)C2)nn2c(C(F)(F)F)cc(C3CC3)cc12.FC1(F)CCC2CC21. The van der Waals surface area contributed by atoms with Crippen molar-refractivity contribution < 1.29 is 31.5 Å². The first-order valence-electron chi connectivity index (χ1n) is 12.1. The van der Waals surface area contributed by atoms with E-state index in [4.69, 9.17) is 0 Å². The number of carbonyl (C=O) groups is 2. The van der Waals surface area contributed by atoms with Crippen molar-refractivity contribution in [2.45, 2.75) is 63.5 Å². The second-order valence-electron chi connectivity index (χ2n) is 9.90. The second-order valence-corrected chi connectivity index (χ2v) is 9.90. The molecular weight excluding hydrogens is 471 g/mol. The Morgan fingerprint density at radius 3 is 2.46 bits per heavy atom. The highest BCUT2D eigenvalue weighted by Crippen LogP contribution is 2.59. The van der Waals surface area contributed by atoms with Gasteiger partial charge < -0.3 is 10.2 Å². The summed E-state index contributed by atoms with van der Waals surface area (Å²) in [6, 6.07) is 2.86. The molecule has 2 amide bonds. The molecule has 6 rings (SSSR count). The molecule has 3 saturated carbocycles. The Labute approximate surface area is 198 Å². The van der Waals surface area contributed by atoms with E-state index in [1.165, 1.54) is 4.90 Å². The maximum atomic E-state index is 13.6. The summed E-state index contributed by atoms with van der Waals surface area (Å²) in [6.07, 6.45) is -0.732. The van der Waals surface area contributed by atoms with Crippen LogP contribution in [0.4, 0.5) is 22.0 Å². The fourth-order valence-corrected chi connectivity index (χ4v) is 5.20. The molecule has 1 N–H and O–H groups in total. The third-order valence-electron chi connectivity index (χ3n) is 7.39. The lowest BCUT2D eigenvalue weighted by Gasteiger charge is -2.26. The van der Waals surface area contributed by atoms with E-state index in [-0.39, 0.29) is 36.4 Å². The van der Waals surface area contributed by atoms with Crippen molar-refractivity contribution in [1.82, 2.24) is 19.8 Å². The summed E-state index contributed by atoms with van der Waals surface area (Å²) >= 11 is 0. The third kappa shape index (κ3) is 4.61. The number of hydrogen-bond donors (Lipinski definition) is 1. The number of piperazine rings is 1. The van der Waals surface area contributed by atoms with Crippen molar-refractivity contribution in [1.29, 1.82) is 0 Å². The summed E-state index contributed by atoms with van der Waals surface area (Å²) in [5, 5.41) is 6.67. The number of nitrogens with zero attached hydrogens (tertiary/aromatic N) is 3. The molecule has 4 fully saturated rings. The number of nitrogens with one attached hydrogen (secondary N) is 1. The number of rotatable bonds is 3. The Bertz CT molecular complexity index is 1170. The van der Waals surface area contributed by atoms with Crippen LogP contribution >= 0.6 is 0 Å². The van der Waals surface area contributed by atoms with Gasteiger partial charge in [0.1, 0.15) is 5.69 Å². The summed E-state index contributed by atoms with van der Waals surface area (Å²) in [5.41, 5.74) is 0.566. The number of fused-ring (bicyclic) bond motifs is 2. The predicted octanol–water partition coefficient (Wildman–Crippen LogP) is 4.42. The first-order chi connectivity index (χ1) is 16.5. The minimum absolute atomic E-state index is 0.00866. The maximum Gasteiger partial charge on any atom is 0.433 e. The standard InChI is InChI=1S/C18H19F3N4O2.C6H8F2/c1-2-12-13-7-11(10-3-4-10)8-14(18(19,20)21)25(13)23-16(12)17(27)24-6-5-22-15(26)9-24;7-6(8)2-1-4-3-5(4)6/h7-8,10H,2-6,9H2,1H3,(H,22,26);4-5H,1-3H2. The Morgan fingerprint density at radius 2 is 1.97 bits per heavy atom. The Balaban J connectivity index is 0.000000265. The van der Waals surface area contributed by atoms with Gasteiger partial charge >= 0.3 is 6.18 Å². The fraction of sp³-hybridized carbons (Fsp3) is 0.625. The second kappa shape index (κ2) is 8.44. The van der Waals surface area contributed by atoms with Crippen molar-refractivity contribution in [3.05, 3.63) is 34.6 Å². The number of halogens is 5. The van der Waals surface area contributed by atoms with Crippen LogP contribution in [-0.2, 0) is 17.4 Å². The van der Waals surface area contributed by atoms with E-state index in [2.05, 4.69) is 10.4 Å². The normalized spacial score (nSPS) is 25.1. The molecule has 0 spiro atoms. The topological polar surface area (TPSA) is 66.7 Å². The van der Waals surface area contributed by atoms with E-state index >= 15 is 0 Å². The van der Waals surface area contributed by atoms with Crippen LogP contribution in [0.15, 0.2) is 12.1 Å². The van der Waals surface area contributed by atoms with E-state index in [1.807, 2.05) is 0 Å². The average Bonchev–Trinajstić information content (AvgIpc) is 3.71. The molecule has 4 aliphatic rings. The van der Waals surface area contributed by atoms with Crippen LogP contribution in [0, 0.1) is 11.8 Å². The highest BCUT2D eigenvalue weighted by atomic mass is 19.4. The molecule has 2 atom stereocenters. The first-order valence-corrected chi connectivity index (χ1v) is 12.1. The molecule has 0 bridgehead atoms. The van der Waals surface area contributed by atoms with Crippen molar-refractivity contribution in [3.8, 4) is 0 Å². The summed E-state index contributed by atoms with van der Waals surface area (Å²) in [5.74, 6) is -2.73. The minimum Gasteiger partial charge on any atom is -0.353 e. The number of hydrogen-bond acceptors (Lipinski definition) is 3. The van der Waals surface area contributed by atoms with E-state index in [0.29, 0.717) is 42.1 Å². The van der Waals surface area contributed by atoms with Gasteiger partial charge in [-0.1, -0.05) is 6.92 Å². The molecule has 0 radical (unpaired) electrons. The summed E-state index contributed by atoms with van der Waals surface area (Å²) in [7, 11) is 0. The van der Waals surface area contributed by atoms with Crippen molar-refractivity contribution in [2.75, 3.05) is 19.6 Å². The van der Waals surface area contributed by atoms with Crippen LogP contribution in [0.5, 0.6) is 0 Å². The van der Waals surface area contributed by atoms with Crippen LogP contribution in [0.3, 0.4) is 0 Å². The van der Waals surface area contributed by atoms with Crippen LogP contribution < -0.4 is 5.32 Å². The lowest BCUT2D eigenvalue weighted by molar-refractivity contribution is -0.142. The number of aryl methyl sites for hydroxylation is 1. The van der Waals surface area contributed by atoms with Gasteiger partial charge in [0, 0.05) is 31.0 Å². The molecule has 1 saturated heterocycles. The van der Waals surface area contributed by atoms with E-state index < -0.39 is 23.7 Å². The van der Waals surface area contributed by atoms with E-state index in [0.717, 1.165) is 36.3 Å². The lowest BCUT2D eigenvalue weighted by Crippen LogP contribution is -2.50. The van der Waals surface area contributed by atoms with Crippen molar-refractivity contribution in [2.24, 2.45) is 11.8 Å². The number of carbonyl (C=O) groups excluding carboxylic acids is 2. The Morgan fingerprint density at radius 1 is 1.23 bits per heavy atom. The zero-order chi connectivity index (χ0) is 25.1. The fourth-order valence-electron chi connectivity index (χ4n) is 5.20. The summed E-state index contributed by atoms with van der Waals surface area (Å²) in [4.78, 5) is 25.8. The highest BCUT2D eigenvalue weighted by Gasteiger charge is 2.59. The molecule has 2 aromatic heterocycles. The van der Waals surface area contributed by atoms with E-state index in [1.54, 1.807) is 13.0 Å². The maximum absolute atomic E-state index is 13.6. The molecule has 3 aliphatic carbocycles. The van der Waals surface area contributed by atoms with Crippen LogP contribution in [0.2, 0.25) is 0 Å². The highest BCUT2D eigenvalue weighted by molar-refractivity contribution is 5.98. The van der Waals surface area contributed by atoms with Gasteiger partial charge in [0.15, 0.2) is 5.69 Å². The first kappa shape index (κ1) is 24.0. The van der Waals surface area contributed by atoms with Gasteiger partial charge in [-0.2, -0.15) is 18.3 Å². The van der Waals surface area contributed by atoms with Gasteiger partial charge in [-0.25, -0.2) is 13.3 Å². The van der Waals surface area contributed by atoms with Crippen LogP contribution in [0.25, 0.3) is 5.52 Å². The summed E-state index contributed by atoms with van der Waals surface area (Å²) in [6.45, 7) is 2.29. The van der Waals surface area contributed by atoms with Gasteiger partial charge in [0.2, 0.25) is 5.91 Å². The van der Waals surface area contributed by atoms with Crippen LogP contribution in [0.1, 0.15) is 72.3 Å². The van der Waals surface area contributed by atoms with Gasteiger partial charge in [0.25, 0.3) is 11.8 Å². The molecule has 35 heavy (non-hydrogen) atoms. The molecule has 190 valence electrons. The minimum atomic E-state index is -4.58. The Hall–Kier alpha value is -2.72.